The highest BCUT2D eigenvalue weighted by atomic mass is 35.5. The molecule has 12 heteroatoms. The minimum atomic E-state index is -0.758. The number of rotatable bonds is 8. The van der Waals surface area contributed by atoms with E-state index in [9.17, 15) is 19.2 Å². The maximum atomic E-state index is 13.7. The number of nitrogens with one attached hydrogen (secondary N) is 2. The molecule has 2 aromatic carbocycles. The lowest BCUT2D eigenvalue weighted by Gasteiger charge is -2.34. The SMILES string of the molecule is Cc1cccc(CC(=O)Nc2ccc3c(c2)c(C(N)=O)nn3CC(=O)N2[C@@H]3CC[C@@H](C3)[C@H]2C(=O)Nc2cccc(Cl)n2)c1. The zero-order valence-corrected chi connectivity index (χ0v) is 24.2. The largest absolute Gasteiger partial charge is 0.364 e. The average Bonchev–Trinajstić information content (AvgIpc) is 3.66. The number of fused-ring (bicyclic) bond motifs is 3. The third kappa shape index (κ3) is 5.80. The summed E-state index contributed by atoms with van der Waals surface area (Å²) in [7, 11) is 0. The summed E-state index contributed by atoms with van der Waals surface area (Å²) < 4.78 is 1.43. The number of nitrogens with two attached hydrogens (primary N) is 1. The van der Waals surface area contributed by atoms with E-state index in [1.54, 1.807) is 41.3 Å². The molecule has 1 saturated carbocycles. The molecule has 1 aliphatic carbocycles. The average molecular weight is 600 g/mol. The summed E-state index contributed by atoms with van der Waals surface area (Å²) in [4.78, 5) is 57.9. The highest BCUT2D eigenvalue weighted by Crippen LogP contribution is 2.43. The van der Waals surface area contributed by atoms with Crippen LogP contribution in [0.4, 0.5) is 11.5 Å². The number of carbonyl (C=O) groups is 4. The van der Waals surface area contributed by atoms with Crippen molar-refractivity contribution in [2.45, 2.75) is 51.2 Å². The first-order valence-corrected chi connectivity index (χ1v) is 14.4. The molecule has 3 heterocycles. The van der Waals surface area contributed by atoms with Crippen LogP contribution >= 0.6 is 11.6 Å². The van der Waals surface area contributed by atoms with Crippen LogP contribution in [0.1, 0.15) is 40.9 Å². The number of carbonyl (C=O) groups excluding carboxylic acids is 4. The first kappa shape index (κ1) is 28.4. The van der Waals surface area contributed by atoms with Crippen molar-refractivity contribution in [3.8, 4) is 0 Å². The lowest BCUT2D eigenvalue weighted by molar-refractivity contribution is -0.141. The molecule has 2 fully saturated rings. The summed E-state index contributed by atoms with van der Waals surface area (Å²) >= 11 is 5.97. The minimum Gasteiger partial charge on any atom is -0.364 e. The summed E-state index contributed by atoms with van der Waals surface area (Å²) in [6.45, 7) is 1.77. The molecule has 0 unspecified atom stereocenters. The van der Waals surface area contributed by atoms with Crippen LogP contribution in [0.3, 0.4) is 0 Å². The van der Waals surface area contributed by atoms with E-state index in [2.05, 4.69) is 20.7 Å². The molecule has 6 rings (SSSR count). The third-order valence-electron chi connectivity index (χ3n) is 8.11. The normalized spacial score (nSPS) is 19.0. The van der Waals surface area contributed by atoms with Gasteiger partial charge >= 0.3 is 0 Å². The van der Waals surface area contributed by atoms with Crippen LogP contribution in [0.5, 0.6) is 0 Å². The number of aromatic nitrogens is 3. The molecule has 0 spiro atoms. The first-order valence-electron chi connectivity index (χ1n) is 14.1. The summed E-state index contributed by atoms with van der Waals surface area (Å²) in [5.74, 6) is -1.22. The molecule has 220 valence electrons. The molecule has 3 atom stereocenters. The molecular weight excluding hydrogens is 570 g/mol. The Morgan fingerprint density at radius 3 is 2.60 bits per heavy atom. The van der Waals surface area contributed by atoms with E-state index in [-0.39, 0.29) is 53.5 Å². The van der Waals surface area contributed by atoms with Crippen molar-refractivity contribution < 1.29 is 19.2 Å². The topological polar surface area (TPSA) is 152 Å². The van der Waals surface area contributed by atoms with Crippen molar-refractivity contribution in [1.29, 1.82) is 0 Å². The van der Waals surface area contributed by atoms with Crippen molar-refractivity contribution in [3.05, 3.63) is 82.6 Å². The van der Waals surface area contributed by atoms with Crippen LogP contribution in [-0.4, -0.2) is 55.4 Å². The number of hydrogen-bond donors (Lipinski definition) is 3. The number of benzene rings is 2. The standard InChI is InChI=1S/C31H30ClN7O4/c1-17-4-2-5-18(12-17)13-26(40)34-20-9-11-23-22(15-20)28(30(33)42)37-38(23)16-27(41)39-21-10-8-19(14-21)29(39)31(43)36-25-7-3-6-24(32)35-25/h2-7,9,11-12,15,19,21,29H,8,10,13-14,16H2,1H3,(H2,33,42)(H,34,40)(H,35,36,43)/t19-,21+,29-/m0/s1. The quantitative estimate of drug-likeness (QED) is 0.263. The summed E-state index contributed by atoms with van der Waals surface area (Å²) in [5.41, 5.74) is 8.56. The van der Waals surface area contributed by atoms with Crippen LogP contribution in [0.25, 0.3) is 10.9 Å². The van der Waals surface area contributed by atoms with E-state index in [1.165, 1.54) is 4.68 Å². The molecule has 0 radical (unpaired) electrons. The zero-order chi connectivity index (χ0) is 30.2. The van der Waals surface area contributed by atoms with Gasteiger partial charge in [0.15, 0.2) is 5.69 Å². The lowest BCUT2D eigenvalue weighted by atomic mass is 9.97. The molecule has 4 aromatic rings. The van der Waals surface area contributed by atoms with Gasteiger partial charge in [0, 0.05) is 17.1 Å². The Morgan fingerprint density at radius 1 is 1.02 bits per heavy atom. The van der Waals surface area contributed by atoms with Crippen molar-refractivity contribution in [2.75, 3.05) is 10.6 Å². The monoisotopic (exact) mass is 599 g/mol. The number of primary amides is 1. The molecular formula is C31H30ClN7O4. The van der Waals surface area contributed by atoms with Gasteiger partial charge < -0.3 is 21.3 Å². The molecule has 4 N–H and O–H groups in total. The maximum absolute atomic E-state index is 13.7. The highest BCUT2D eigenvalue weighted by Gasteiger charge is 2.51. The van der Waals surface area contributed by atoms with E-state index in [0.29, 0.717) is 22.4 Å². The Bertz CT molecular complexity index is 1770. The Hall–Kier alpha value is -4.77. The number of anilines is 2. The molecule has 11 nitrogen and oxygen atoms in total. The second-order valence-electron chi connectivity index (χ2n) is 11.1. The number of halogens is 1. The predicted molar refractivity (Wildman–Crippen MR) is 161 cm³/mol. The third-order valence-corrected chi connectivity index (χ3v) is 8.32. The fourth-order valence-electron chi connectivity index (χ4n) is 6.34. The predicted octanol–water partition coefficient (Wildman–Crippen LogP) is 3.69. The molecule has 4 amide bonds. The van der Waals surface area contributed by atoms with E-state index in [1.807, 2.05) is 31.2 Å². The van der Waals surface area contributed by atoms with Crippen molar-refractivity contribution >= 4 is 57.6 Å². The molecule has 2 bridgehead atoms. The van der Waals surface area contributed by atoms with Crippen molar-refractivity contribution in [1.82, 2.24) is 19.7 Å². The van der Waals surface area contributed by atoms with Crippen LogP contribution in [0, 0.1) is 12.8 Å². The van der Waals surface area contributed by atoms with E-state index in [0.717, 1.165) is 30.4 Å². The van der Waals surface area contributed by atoms with Crippen LogP contribution < -0.4 is 16.4 Å². The van der Waals surface area contributed by atoms with Crippen molar-refractivity contribution in [3.63, 3.8) is 0 Å². The molecule has 1 saturated heterocycles. The second-order valence-corrected chi connectivity index (χ2v) is 11.5. The van der Waals surface area contributed by atoms with Gasteiger partial charge in [-0.3, -0.25) is 23.9 Å². The Kier molecular flexibility index (Phi) is 7.57. The Balaban J connectivity index is 1.21. The lowest BCUT2D eigenvalue weighted by Crippen LogP contribution is -2.52. The van der Waals surface area contributed by atoms with Crippen LogP contribution in [0.2, 0.25) is 5.15 Å². The van der Waals surface area contributed by atoms with Crippen molar-refractivity contribution in [2.24, 2.45) is 11.7 Å². The number of hydrogen-bond acceptors (Lipinski definition) is 6. The highest BCUT2D eigenvalue weighted by molar-refractivity contribution is 6.29. The van der Waals surface area contributed by atoms with Crippen LogP contribution in [-0.2, 0) is 27.3 Å². The summed E-state index contributed by atoms with van der Waals surface area (Å²) in [5, 5.41) is 10.7. The molecule has 2 aromatic heterocycles. The summed E-state index contributed by atoms with van der Waals surface area (Å²) in [6.07, 6.45) is 2.60. The smallest absolute Gasteiger partial charge is 0.269 e. The first-order chi connectivity index (χ1) is 20.7. The maximum Gasteiger partial charge on any atom is 0.269 e. The number of nitrogens with zero attached hydrogens (tertiary/aromatic N) is 4. The van der Waals surface area contributed by atoms with Crippen LogP contribution in [0.15, 0.2) is 60.7 Å². The minimum absolute atomic E-state index is 0.0122. The van der Waals surface area contributed by atoms with Gasteiger partial charge in [-0.05, 0) is 68.0 Å². The number of pyridine rings is 1. The van der Waals surface area contributed by atoms with E-state index < -0.39 is 11.9 Å². The van der Waals surface area contributed by atoms with Gasteiger partial charge in [0.2, 0.25) is 17.7 Å². The number of amides is 4. The fourth-order valence-corrected chi connectivity index (χ4v) is 6.51. The zero-order valence-electron chi connectivity index (χ0n) is 23.4. The van der Waals surface area contributed by atoms with Gasteiger partial charge in [0.1, 0.15) is 23.6 Å². The molecule has 2 aliphatic rings. The second kappa shape index (κ2) is 11.5. The number of likely N-dealkylation sites (tertiary alicyclic amines) is 1. The van der Waals surface area contributed by atoms with Gasteiger partial charge in [-0.25, -0.2) is 4.98 Å². The molecule has 1 aliphatic heterocycles. The Morgan fingerprint density at radius 2 is 1.84 bits per heavy atom. The van der Waals surface area contributed by atoms with Gasteiger partial charge in [0.05, 0.1) is 11.9 Å². The van der Waals surface area contributed by atoms with Gasteiger partial charge in [-0.1, -0.05) is 47.5 Å². The molecule has 43 heavy (non-hydrogen) atoms. The van der Waals surface area contributed by atoms with E-state index >= 15 is 0 Å². The number of piperidine rings is 1. The fraction of sp³-hybridized carbons (Fsp3) is 0.290. The summed E-state index contributed by atoms with van der Waals surface area (Å²) in [6, 6.07) is 16.9. The Labute approximate surface area is 252 Å². The van der Waals surface area contributed by atoms with Gasteiger partial charge in [-0.15, -0.1) is 0 Å². The van der Waals surface area contributed by atoms with Gasteiger partial charge in [-0.2, -0.15) is 5.10 Å². The van der Waals surface area contributed by atoms with Gasteiger partial charge in [0.25, 0.3) is 5.91 Å². The number of aryl methyl sites for hydroxylation is 1. The van der Waals surface area contributed by atoms with E-state index in [4.69, 9.17) is 17.3 Å².